The van der Waals surface area contributed by atoms with E-state index in [1.807, 2.05) is 44.2 Å². The number of ether oxygens (including phenoxy) is 1. The molecule has 0 N–H and O–H groups in total. The van der Waals surface area contributed by atoms with E-state index in [0.717, 1.165) is 12.0 Å². The van der Waals surface area contributed by atoms with Crippen LogP contribution in [0.25, 0.3) is 6.08 Å². The van der Waals surface area contributed by atoms with Crippen molar-refractivity contribution in [2.24, 2.45) is 0 Å². The van der Waals surface area contributed by atoms with Crippen LogP contribution in [0.4, 0.5) is 0 Å². The molecule has 2 rings (SSSR count). The Labute approximate surface area is 152 Å². The first kappa shape index (κ1) is 18.7. The van der Waals surface area contributed by atoms with E-state index in [1.54, 1.807) is 4.90 Å². The fraction of sp³-hybridized carbons (Fsp3) is 0.389. The number of rotatable bonds is 7. The lowest BCUT2D eigenvalue weighted by Gasteiger charge is -2.13. The minimum atomic E-state index is -0.225. The van der Waals surface area contributed by atoms with Gasteiger partial charge < -0.3 is 4.74 Å². The molecule has 0 bridgehead atoms. The Morgan fingerprint density at radius 2 is 2.04 bits per heavy atom. The molecular formula is C18H21NO3S2. The van der Waals surface area contributed by atoms with Gasteiger partial charge in [0.2, 0.25) is 0 Å². The summed E-state index contributed by atoms with van der Waals surface area (Å²) in [5.41, 5.74) is 2.15. The Kier molecular flexibility index (Phi) is 6.99. The normalized spacial score (nSPS) is 16.1. The second-order valence-corrected chi connectivity index (χ2v) is 7.24. The number of hydrogen-bond acceptors (Lipinski definition) is 5. The summed E-state index contributed by atoms with van der Waals surface area (Å²) in [7, 11) is 0. The molecule has 0 radical (unpaired) electrons. The van der Waals surface area contributed by atoms with Gasteiger partial charge in [-0.25, -0.2) is 0 Å². The van der Waals surface area contributed by atoms with Crippen LogP contribution < -0.4 is 0 Å². The van der Waals surface area contributed by atoms with Crippen LogP contribution in [-0.2, 0) is 14.3 Å². The minimum Gasteiger partial charge on any atom is -0.466 e. The van der Waals surface area contributed by atoms with Crippen molar-refractivity contribution in [3.63, 3.8) is 0 Å². The number of hydrogen-bond donors (Lipinski definition) is 0. The highest BCUT2D eigenvalue weighted by Gasteiger charge is 2.31. The second-order valence-electron chi connectivity index (χ2n) is 5.57. The van der Waals surface area contributed by atoms with Crippen molar-refractivity contribution >= 4 is 46.3 Å². The number of benzene rings is 1. The zero-order valence-corrected chi connectivity index (χ0v) is 15.5. The molecule has 0 atom stereocenters. The van der Waals surface area contributed by atoms with Crippen LogP contribution in [0.15, 0.2) is 29.2 Å². The van der Waals surface area contributed by atoms with Gasteiger partial charge >= 0.3 is 5.97 Å². The summed E-state index contributed by atoms with van der Waals surface area (Å²) < 4.78 is 5.57. The average Bonchev–Trinajstić information content (AvgIpc) is 2.82. The monoisotopic (exact) mass is 363 g/mol. The fourth-order valence-electron chi connectivity index (χ4n) is 2.18. The van der Waals surface area contributed by atoms with Crippen LogP contribution in [0.2, 0.25) is 0 Å². The summed E-state index contributed by atoms with van der Waals surface area (Å²) in [5, 5.41) is 0. The van der Waals surface area contributed by atoms with Crippen LogP contribution in [0.1, 0.15) is 37.3 Å². The number of esters is 1. The molecule has 0 saturated carbocycles. The second kappa shape index (κ2) is 8.99. The van der Waals surface area contributed by atoms with Gasteiger partial charge in [-0.05, 0) is 31.4 Å². The highest BCUT2D eigenvalue weighted by Crippen LogP contribution is 2.32. The van der Waals surface area contributed by atoms with Gasteiger partial charge in [0, 0.05) is 13.0 Å². The molecule has 0 spiro atoms. The number of thiocarbonyl (C=S) groups is 1. The third-order valence-electron chi connectivity index (χ3n) is 3.48. The predicted molar refractivity (Wildman–Crippen MR) is 102 cm³/mol. The standard InChI is InChI=1S/C18H21NO3S2/c1-3-11-22-16(20)5-4-10-19-17(21)15(24-18(19)23)12-14-8-6-13(2)7-9-14/h6-9,12H,3-5,10-11H2,1-2H3/b15-12+. The Morgan fingerprint density at radius 1 is 1.33 bits per heavy atom. The third kappa shape index (κ3) is 5.18. The van der Waals surface area contributed by atoms with Crippen LogP contribution in [0.3, 0.4) is 0 Å². The fourth-order valence-corrected chi connectivity index (χ4v) is 3.48. The number of aryl methyl sites for hydroxylation is 1. The lowest BCUT2D eigenvalue weighted by Crippen LogP contribution is -2.29. The van der Waals surface area contributed by atoms with Gasteiger partial charge in [-0.1, -0.05) is 60.7 Å². The van der Waals surface area contributed by atoms with E-state index in [1.165, 1.54) is 17.3 Å². The Hall–Kier alpha value is -1.66. The summed E-state index contributed by atoms with van der Waals surface area (Å²) in [6.07, 6.45) is 3.51. The quantitative estimate of drug-likeness (QED) is 0.417. The summed E-state index contributed by atoms with van der Waals surface area (Å²) in [5.74, 6) is -0.315. The first-order valence-electron chi connectivity index (χ1n) is 7.99. The van der Waals surface area contributed by atoms with E-state index >= 15 is 0 Å². The van der Waals surface area contributed by atoms with Crippen LogP contribution >= 0.6 is 24.0 Å². The van der Waals surface area contributed by atoms with Crippen molar-refractivity contribution in [3.8, 4) is 0 Å². The molecule has 1 aromatic rings. The van der Waals surface area contributed by atoms with Crippen LogP contribution in [0.5, 0.6) is 0 Å². The molecule has 1 fully saturated rings. The maximum absolute atomic E-state index is 12.5. The molecule has 0 aliphatic carbocycles. The molecule has 1 aromatic carbocycles. The van der Waals surface area contributed by atoms with Gasteiger partial charge in [0.1, 0.15) is 4.32 Å². The van der Waals surface area contributed by atoms with Crippen molar-refractivity contribution < 1.29 is 14.3 Å². The molecule has 4 nitrogen and oxygen atoms in total. The van der Waals surface area contributed by atoms with Gasteiger partial charge in [0.05, 0.1) is 11.5 Å². The van der Waals surface area contributed by atoms with Gasteiger partial charge in [-0.3, -0.25) is 14.5 Å². The maximum atomic E-state index is 12.5. The lowest BCUT2D eigenvalue weighted by molar-refractivity contribution is -0.144. The van der Waals surface area contributed by atoms with E-state index in [0.29, 0.717) is 35.2 Å². The molecule has 1 amide bonds. The smallest absolute Gasteiger partial charge is 0.305 e. The van der Waals surface area contributed by atoms with E-state index in [9.17, 15) is 9.59 Å². The number of nitrogens with zero attached hydrogens (tertiary/aromatic N) is 1. The summed E-state index contributed by atoms with van der Waals surface area (Å²) in [6, 6.07) is 7.97. The number of carbonyl (C=O) groups is 2. The summed E-state index contributed by atoms with van der Waals surface area (Å²) >= 11 is 6.60. The maximum Gasteiger partial charge on any atom is 0.305 e. The molecular weight excluding hydrogens is 342 g/mol. The van der Waals surface area contributed by atoms with Crippen molar-refractivity contribution in [2.45, 2.75) is 33.1 Å². The first-order chi connectivity index (χ1) is 11.5. The van der Waals surface area contributed by atoms with Gasteiger partial charge in [0.15, 0.2) is 0 Å². The Morgan fingerprint density at radius 3 is 2.71 bits per heavy atom. The highest BCUT2D eigenvalue weighted by atomic mass is 32.2. The molecule has 24 heavy (non-hydrogen) atoms. The topological polar surface area (TPSA) is 46.6 Å². The van der Waals surface area contributed by atoms with E-state index in [2.05, 4.69) is 0 Å². The van der Waals surface area contributed by atoms with Crippen molar-refractivity contribution in [1.82, 2.24) is 4.90 Å². The molecule has 0 unspecified atom stereocenters. The lowest BCUT2D eigenvalue weighted by atomic mass is 10.1. The molecule has 1 aliphatic rings. The molecule has 1 heterocycles. The Balaban J connectivity index is 1.91. The molecule has 1 saturated heterocycles. The summed E-state index contributed by atoms with van der Waals surface area (Å²) in [6.45, 7) is 4.86. The largest absolute Gasteiger partial charge is 0.466 e. The van der Waals surface area contributed by atoms with E-state index in [4.69, 9.17) is 17.0 Å². The minimum absolute atomic E-state index is 0.0903. The summed E-state index contributed by atoms with van der Waals surface area (Å²) in [4.78, 5) is 26.1. The van der Waals surface area contributed by atoms with Crippen molar-refractivity contribution in [3.05, 3.63) is 40.3 Å². The first-order valence-corrected chi connectivity index (χ1v) is 9.21. The van der Waals surface area contributed by atoms with E-state index in [-0.39, 0.29) is 11.9 Å². The SMILES string of the molecule is CCCOC(=O)CCCN1C(=O)/C(=C\c2ccc(C)cc2)SC1=S. The predicted octanol–water partition coefficient (Wildman–Crippen LogP) is 3.93. The zero-order valence-electron chi connectivity index (χ0n) is 13.9. The van der Waals surface area contributed by atoms with E-state index < -0.39 is 0 Å². The molecule has 128 valence electrons. The zero-order chi connectivity index (χ0) is 17.5. The number of thioether (sulfide) groups is 1. The van der Waals surface area contributed by atoms with Crippen LogP contribution in [0, 0.1) is 6.92 Å². The van der Waals surface area contributed by atoms with Gasteiger partial charge in [0.25, 0.3) is 5.91 Å². The average molecular weight is 364 g/mol. The van der Waals surface area contributed by atoms with Gasteiger partial charge in [-0.2, -0.15) is 0 Å². The Bertz CT molecular complexity index is 653. The third-order valence-corrected chi connectivity index (χ3v) is 4.86. The van der Waals surface area contributed by atoms with Crippen molar-refractivity contribution in [1.29, 1.82) is 0 Å². The highest BCUT2D eigenvalue weighted by molar-refractivity contribution is 8.26. The molecule has 6 heteroatoms. The number of carbonyl (C=O) groups excluding carboxylic acids is 2. The van der Waals surface area contributed by atoms with Crippen molar-refractivity contribution in [2.75, 3.05) is 13.2 Å². The molecule has 0 aromatic heterocycles. The van der Waals surface area contributed by atoms with Crippen LogP contribution in [-0.4, -0.2) is 34.2 Å². The number of amides is 1. The molecule has 1 aliphatic heterocycles. The van der Waals surface area contributed by atoms with Gasteiger partial charge in [-0.15, -0.1) is 0 Å².